The molecule has 7 rings (SSSR count). The maximum Gasteiger partial charge on any atom is 0.334 e. The lowest BCUT2D eigenvalue weighted by Crippen LogP contribution is -2.52. The standard InChI is InChI=1S/C44H47NO9/c1-44(52)34-11-12-37(47)31(17-34)14-26-7-3-5-25(13-26)6-4-8-29-15-27(30-16-32(19-35(46)18-30)39(49)24-45-2)9-10-28-22-42(50)53-40-23-38(48)33(20-36(28)40)21-41(44)54-43(29)51/h3,5,7-8,13,16,18-20,23,27-28,31,34,39,41,45-46,48-49,52H,4,6,11-12,14-15,17,21-22,24H2,1-2H3/t27-,28-,31-,34-,39-,41+,44-/m0/s1. The van der Waals surface area contributed by atoms with Crippen molar-refractivity contribution in [3.05, 3.63) is 99.6 Å². The topological polar surface area (TPSA) is 163 Å². The van der Waals surface area contributed by atoms with Gasteiger partial charge in [-0.15, -0.1) is 0 Å². The molecule has 10 nitrogen and oxygen atoms in total. The fraction of sp³-hybridized carbons (Fsp3) is 0.432. The summed E-state index contributed by atoms with van der Waals surface area (Å²) in [7, 11) is 1.71. The van der Waals surface area contributed by atoms with E-state index in [1.165, 1.54) is 12.1 Å². The molecular weight excluding hydrogens is 686 g/mol. The Labute approximate surface area is 315 Å². The lowest BCUT2D eigenvalue weighted by molar-refractivity contribution is -0.170. The number of benzene rings is 3. The molecule has 0 saturated heterocycles. The number of esters is 2. The maximum absolute atomic E-state index is 14.5. The molecule has 3 aliphatic heterocycles. The fourth-order valence-corrected chi connectivity index (χ4v) is 8.50. The molecule has 282 valence electrons. The van der Waals surface area contributed by atoms with Gasteiger partial charge in [-0.05, 0) is 104 Å². The first-order chi connectivity index (χ1) is 25.9. The monoisotopic (exact) mass is 733 g/mol. The molecule has 0 aromatic heterocycles. The van der Waals surface area contributed by atoms with Gasteiger partial charge in [0.2, 0.25) is 0 Å². The highest BCUT2D eigenvalue weighted by molar-refractivity contribution is 5.89. The zero-order valence-electron chi connectivity index (χ0n) is 30.6. The summed E-state index contributed by atoms with van der Waals surface area (Å²) in [6.07, 6.45) is 2.53. The number of hydrogen-bond donors (Lipinski definition) is 5. The van der Waals surface area contributed by atoms with Crippen molar-refractivity contribution in [1.29, 1.82) is 0 Å². The summed E-state index contributed by atoms with van der Waals surface area (Å²) >= 11 is 0. The fourth-order valence-electron chi connectivity index (χ4n) is 8.50. The van der Waals surface area contributed by atoms with Crippen LogP contribution in [-0.4, -0.2) is 63.4 Å². The maximum atomic E-state index is 14.5. The van der Waals surface area contributed by atoms with Gasteiger partial charge in [0.15, 0.2) is 0 Å². The summed E-state index contributed by atoms with van der Waals surface area (Å²) in [4.78, 5) is 40.6. The molecule has 0 radical (unpaired) electrons. The SMILES string of the molecule is CNC[C@H](O)c1cc(O)cc([C@H]2C#C[C@H]3CC(=O)Oc4cc(O)c(cc43)C[C@H]3OC(=O)C(=CCCc4cccc(c4)C[C@H]4C[C@H](CCC4=O)[C@]3(C)O)C2)c1. The van der Waals surface area contributed by atoms with Gasteiger partial charge in [0.1, 0.15) is 34.7 Å². The van der Waals surface area contributed by atoms with E-state index in [4.69, 9.17) is 9.47 Å². The Hall–Kier alpha value is -4.95. The number of aliphatic hydroxyl groups excluding tert-OH is 1. The second-order valence-corrected chi connectivity index (χ2v) is 15.5. The van der Waals surface area contributed by atoms with Crippen LogP contribution in [0.4, 0.5) is 0 Å². The minimum atomic E-state index is -1.60. The number of hydrogen-bond acceptors (Lipinski definition) is 10. The van der Waals surface area contributed by atoms with Gasteiger partial charge in [-0.3, -0.25) is 9.59 Å². The minimum Gasteiger partial charge on any atom is -0.508 e. The first-order valence-electron chi connectivity index (χ1n) is 18.8. The van der Waals surface area contributed by atoms with Crippen molar-refractivity contribution in [1.82, 2.24) is 5.32 Å². The normalized spacial score (nSPS) is 27.6. The lowest BCUT2D eigenvalue weighted by atomic mass is 9.68. The second-order valence-electron chi connectivity index (χ2n) is 15.5. The van der Waals surface area contributed by atoms with Crippen LogP contribution in [0.2, 0.25) is 0 Å². The number of nitrogens with one attached hydrogen (secondary N) is 1. The molecule has 3 heterocycles. The quantitative estimate of drug-likeness (QED) is 0.136. The molecule has 3 aromatic carbocycles. The Morgan fingerprint density at radius 3 is 2.56 bits per heavy atom. The largest absolute Gasteiger partial charge is 0.508 e. The van der Waals surface area contributed by atoms with Crippen molar-refractivity contribution < 1.29 is 44.3 Å². The van der Waals surface area contributed by atoms with Crippen molar-refractivity contribution >= 4 is 17.7 Å². The van der Waals surface area contributed by atoms with Gasteiger partial charge in [0, 0.05) is 48.4 Å². The molecule has 1 saturated carbocycles. The molecule has 3 aromatic rings. The smallest absolute Gasteiger partial charge is 0.334 e. The number of Topliss-reactive ketones (excluding diaryl/α,β-unsaturated/α-hetero) is 1. The minimum absolute atomic E-state index is 0.0427. The van der Waals surface area contributed by atoms with Gasteiger partial charge in [-0.2, -0.15) is 0 Å². The van der Waals surface area contributed by atoms with Crippen molar-refractivity contribution in [3.63, 3.8) is 0 Å². The van der Waals surface area contributed by atoms with Crippen LogP contribution >= 0.6 is 0 Å². The van der Waals surface area contributed by atoms with Gasteiger partial charge in [0.25, 0.3) is 0 Å². The molecule has 0 spiro atoms. The molecule has 7 atom stereocenters. The van der Waals surface area contributed by atoms with Crippen LogP contribution < -0.4 is 10.1 Å². The van der Waals surface area contributed by atoms with Crippen molar-refractivity contribution in [3.8, 4) is 29.1 Å². The zero-order valence-corrected chi connectivity index (χ0v) is 30.6. The third kappa shape index (κ3) is 7.95. The van der Waals surface area contributed by atoms with Gasteiger partial charge >= 0.3 is 11.9 Å². The summed E-state index contributed by atoms with van der Waals surface area (Å²) in [6.45, 7) is 1.89. The highest BCUT2D eigenvalue weighted by Crippen LogP contribution is 2.43. The van der Waals surface area contributed by atoms with Gasteiger partial charge in [0.05, 0.1) is 18.4 Å². The van der Waals surface area contributed by atoms with Crippen LogP contribution in [0.5, 0.6) is 17.2 Å². The number of carbonyl (C=O) groups excluding carboxylic acids is 3. The first kappa shape index (κ1) is 37.4. The van der Waals surface area contributed by atoms with Crippen molar-refractivity contribution in [2.45, 2.75) is 94.4 Å². The van der Waals surface area contributed by atoms with E-state index in [0.717, 1.165) is 11.1 Å². The number of phenols is 2. The summed E-state index contributed by atoms with van der Waals surface area (Å²) in [5.41, 5.74) is 2.83. The Morgan fingerprint density at radius 2 is 1.74 bits per heavy atom. The van der Waals surface area contributed by atoms with E-state index in [2.05, 4.69) is 23.2 Å². The van der Waals surface area contributed by atoms with E-state index in [9.17, 15) is 34.8 Å². The number of fused-ring (bicyclic) bond motifs is 8. The molecule has 0 unspecified atom stereocenters. The molecule has 5 N–H and O–H groups in total. The Morgan fingerprint density at radius 1 is 0.944 bits per heavy atom. The third-order valence-electron chi connectivity index (χ3n) is 11.6. The number of carbonyl (C=O) groups is 3. The Kier molecular flexibility index (Phi) is 10.7. The van der Waals surface area contributed by atoms with E-state index >= 15 is 0 Å². The highest BCUT2D eigenvalue weighted by Gasteiger charge is 2.46. The number of phenolic OH excluding ortho intramolecular Hbond substituents is 2. The van der Waals surface area contributed by atoms with Gasteiger partial charge in [-0.25, -0.2) is 4.79 Å². The van der Waals surface area contributed by atoms with Crippen LogP contribution in [0, 0.1) is 23.7 Å². The van der Waals surface area contributed by atoms with Crippen LogP contribution in [0.1, 0.15) is 96.8 Å². The number of rotatable bonds is 4. The van der Waals surface area contributed by atoms with Crippen LogP contribution in [-0.2, 0) is 38.4 Å². The molecule has 10 heteroatoms. The molecule has 8 bridgehead atoms. The van der Waals surface area contributed by atoms with Crippen LogP contribution in [0.3, 0.4) is 0 Å². The summed E-state index contributed by atoms with van der Waals surface area (Å²) in [5, 5.41) is 48.4. The van der Waals surface area contributed by atoms with E-state index in [-0.39, 0.29) is 54.8 Å². The number of allylic oxidation sites excluding steroid dienone is 1. The number of ketones is 1. The highest BCUT2D eigenvalue weighted by atomic mass is 16.6. The number of aliphatic hydroxyl groups is 2. The van der Waals surface area contributed by atoms with Gasteiger partial charge < -0.3 is 35.2 Å². The van der Waals surface area contributed by atoms with Crippen molar-refractivity contribution in [2.24, 2.45) is 11.8 Å². The van der Waals surface area contributed by atoms with Gasteiger partial charge in [-0.1, -0.05) is 48.2 Å². The molecule has 54 heavy (non-hydrogen) atoms. The lowest BCUT2D eigenvalue weighted by Gasteiger charge is -2.42. The van der Waals surface area contributed by atoms with E-state index in [0.29, 0.717) is 66.4 Å². The molecule has 1 aliphatic carbocycles. The number of likely N-dealkylation sites (N-methyl/N-ethyl adjacent to an activating group) is 1. The zero-order chi connectivity index (χ0) is 38.1. The van der Waals surface area contributed by atoms with Crippen molar-refractivity contribution in [2.75, 3.05) is 13.6 Å². The first-order valence-corrected chi connectivity index (χ1v) is 18.8. The second kappa shape index (κ2) is 15.4. The van der Waals surface area contributed by atoms with Crippen LogP contribution in [0.25, 0.3) is 0 Å². The number of aryl methyl sites for hydroxylation is 1. The number of aromatic hydroxyl groups is 2. The molecule has 4 aliphatic rings. The van der Waals surface area contributed by atoms with E-state index in [1.807, 2.05) is 24.3 Å². The predicted molar refractivity (Wildman–Crippen MR) is 200 cm³/mol. The Balaban J connectivity index is 1.40. The molecule has 0 amide bonds. The van der Waals surface area contributed by atoms with E-state index < -0.39 is 47.5 Å². The predicted octanol–water partition coefficient (Wildman–Crippen LogP) is 5.24. The summed E-state index contributed by atoms with van der Waals surface area (Å²) in [6, 6.07) is 16.0. The average Bonchev–Trinajstić information content (AvgIpc) is 3.13. The summed E-state index contributed by atoms with van der Waals surface area (Å²) in [5.74, 6) is 3.51. The Bertz CT molecular complexity index is 2060. The van der Waals surface area contributed by atoms with Crippen LogP contribution in [0.15, 0.2) is 66.2 Å². The molecular formula is C44H47NO9. The third-order valence-corrected chi connectivity index (χ3v) is 11.6. The number of ether oxygens (including phenoxy) is 2. The molecule has 1 fully saturated rings. The van der Waals surface area contributed by atoms with E-state index in [1.54, 1.807) is 32.2 Å². The summed E-state index contributed by atoms with van der Waals surface area (Å²) < 4.78 is 11.9. The average molecular weight is 734 g/mol.